The normalized spacial score (nSPS) is 15.0. The summed E-state index contributed by atoms with van der Waals surface area (Å²) >= 11 is 0. The van der Waals surface area contributed by atoms with Crippen molar-refractivity contribution in [2.45, 2.75) is 32.7 Å². The van der Waals surface area contributed by atoms with Gasteiger partial charge < -0.3 is 15.1 Å². The maximum atomic E-state index is 11.7. The number of hydrogen-bond donors (Lipinski definition) is 1. The third kappa shape index (κ3) is 3.76. The minimum Gasteiger partial charge on any atom is -0.370 e. The fraction of sp³-hybridized carbons (Fsp3) is 0.588. The van der Waals surface area contributed by atoms with E-state index in [0.29, 0.717) is 12.5 Å². The molecule has 1 aliphatic heterocycles. The van der Waals surface area contributed by atoms with Gasteiger partial charge in [0.15, 0.2) is 0 Å². The Morgan fingerprint density at radius 2 is 2.19 bits per heavy atom. The standard InChI is InChI=1S/C17H27N3O/c1-5-18-13(2)14-6-7-16-15(12-14)8-10-20(16)11-9-17(21)19(3)4/h6-7,12-13,18H,5,8-11H2,1-4H3. The molecule has 1 unspecified atom stereocenters. The summed E-state index contributed by atoms with van der Waals surface area (Å²) in [5.41, 5.74) is 4.06. The maximum Gasteiger partial charge on any atom is 0.223 e. The van der Waals surface area contributed by atoms with Crippen molar-refractivity contribution >= 4 is 11.6 Å². The summed E-state index contributed by atoms with van der Waals surface area (Å²) in [7, 11) is 3.63. The summed E-state index contributed by atoms with van der Waals surface area (Å²) in [6, 6.07) is 7.13. The van der Waals surface area contributed by atoms with E-state index in [1.54, 1.807) is 4.90 Å². The molecule has 2 rings (SSSR count). The Hall–Kier alpha value is -1.55. The Labute approximate surface area is 128 Å². The van der Waals surface area contributed by atoms with Crippen LogP contribution in [-0.2, 0) is 11.2 Å². The van der Waals surface area contributed by atoms with Crippen molar-refractivity contribution in [3.63, 3.8) is 0 Å². The summed E-state index contributed by atoms with van der Waals surface area (Å²) < 4.78 is 0. The van der Waals surface area contributed by atoms with Crippen LogP contribution in [0.2, 0.25) is 0 Å². The lowest BCUT2D eigenvalue weighted by Gasteiger charge is -2.21. The fourth-order valence-electron chi connectivity index (χ4n) is 2.87. The van der Waals surface area contributed by atoms with Crippen molar-refractivity contribution in [3.05, 3.63) is 29.3 Å². The summed E-state index contributed by atoms with van der Waals surface area (Å²) in [6.45, 7) is 7.15. The molecule has 0 spiro atoms. The second-order valence-electron chi connectivity index (χ2n) is 5.94. The number of fused-ring (bicyclic) bond motifs is 1. The number of nitrogens with zero attached hydrogens (tertiary/aromatic N) is 2. The topological polar surface area (TPSA) is 35.6 Å². The smallest absolute Gasteiger partial charge is 0.223 e. The van der Waals surface area contributed by atoms with Crippen LogP contribution in [0, 0.1) is 0 Å². The average molecular weight is 289 g/mol. The first kappa shape index (κ1) is 15.8. The van der Waals surface area contributed by atoms with Crippen molar-refractivity contribution in [1.29, 1.82) is 0 Å². The van der Waals surface area contributed by atoms with Gasteiger partial charge in [-0.2, -0.15) is 0 Å². The SMILES string of the molecule is CCNC(C)c1ccc2c(c1)CCN2CCC(=O)N(C)C. The Balaban J connectivity index is 2.02. The molecule has 1 amide bonds. The number of hydrogen-bond acceptors (Lipinski definition) is 3. The highest BCUT2D eigenvalue weighted by Gasteiger charge is 2.20. The van der Waals surface area contributed by atoms with Gasteiger partial charge in [-0.15, -0.1) is 0 Å². The first-order valence-electron chi connectivity index (χ1n) is 7.84. The van der Waals surface area contributed by atoms with E-state index in [4.69, 9.17) is 0 Å². The second kappa shape index (κ2) is 6.94. The van der Waals surface area contributed by atoms with Gasteiger partial charge in [0, 0.05) is 45.3 Å². The van der Waals surface area contributed by atoms with Gasteiger partial charge in [0.25, 0.3) is 0 Å². The fourth-order valence-corrected chi connectivity index (χ4v) is 2.87. The lowest BCUT2D eigenvalue weighted by molar-refractivity contribution is -0.128. The van der Waals surface area contributed by atoms with Crippen molar-refractivity contribution in [3.8, 4) is 0 Å². The lowest BCUT2D eigenvalue weighted by atomic mass is 10.0. The van der Waals surface area contributed by atoms with Crippen LogP contribution in [0.5, 0.6) is 0 Å². The maximum absolute atomic E-state index is 11.7. The van der Waals surface area contributed by atoms with E-state index < -0.39 is 0 Å². The van der Waals surface area contributed by atoms with Gasteiger partial charge in [0.2, 0.25) is 5.91 Å². The van der Waals surface area contributed by atoms with E-state index in [1.165, 1.54) is 16.8 Å². The van der Waals surface area contributed by atoms with E-state index in [1.807, 2.05) is 14.1 Å². The average Bonchev–Trinajstić information content (AvgIpc) is 2.87. The molecule has 0 saturated carbocycles. The van der Waals surface area contributed by atoms with Crippen molar-refractivity contribution in [2.24, 2.45) is 0 Å². The van der Waals surface area contributed by atoms with Gasteiger partial charge in [-0.05, 0) is 37.1 Å². The predicted octanol–water partition coefficient (Wildman–Crippen LogP) is 2.20. The largest absolute Gasteiger partial charge is 0.370 e. The van der Waals surface area contributed by atoms with Crippen LogP contribution in [0.1, 0.15) is 37.4 Å². The van der Waals surface area contributed by atoms with Gasteiger partial charge >= 0.3 is 0 Å². The molecule has 0 radical (unpaired) electrons. The van der Waals surface area contributed by atoms with E-state index in [9.17, 15) is 4.79 Å². The van der Waals surface area contributed by atoms with Crippen LogP contribution in [-0.4, -0.2) is 44.5 Å². The third-order valence-corrected chi connectivity index (χ3v) is 4.20. The summed E-state index contributed by atoms with van der Waals surface area (Å²) in [5.74, 6) is 0.195. The number of anilines is 1. The zero-order valence-electron chi connectivity index (χ0n) is 13.6. The zero-order chi connectivity index (χ0) is 15.4. The molecule has 1 heterocycles. The Bertz CT molecular complexity index is 499. The number of carbonyl (C=O) groups excluding carboxylic acids is 1. The van der Waals surface area contributed by atoms with Crippen molar-refractivity contribution in [2.75, 3.05) is 38.6 Å². The molecule has 21 heavy (non-hydrogen) atoms. The summed E-state index contributed by atoms with van der Waals surface area (Å²) in [4.78, 5) is 15.7. The first-order valence-corrected chi connectivity index (χ1v) is 7.84. The van der Waals surface area contributed by atoms with E-state index in [2.05, 4.69) is 42.3 Å². The number of nitrogens with one attached hydrogen (secondary N) is 1. The monoisotopic (exact) mass is 289 g/mol. The molecule has 116 valence electrons. The van der Waals surface area contributed by atoms with Gasteiger partial charge in [0.05, 0.1) is 0 Å². The predicted molar refractivity (Wildman–Crippen MR) is 87.8 cm³/mol. The minimum atomic E-state index is 0.195. The molecule has 1 aliphatic rings. The van der Waals surface area contributed by atoms with Crippen LogP contribution < -0.4 is 10.2 Å². The summed E-state index contributed by atoms with van der Waals surface area (Å²) in [6.07, 6.45) is 1.67. The number of benzene rings is 1. The minimum absolute atomic E-state index is 0.195. The zero-order valence-corrected chi connectivity index (χ0v) is 13.6. The van der Waals surface area contributed by atoms with Crippen molar-refractivity contribution < 1.29 is 4.79 Å². The molecule has 0 aromatic heterocycles. The molecule has 0 saturated heterocycles. The molecule has 0 fully saturated rings. The summed E-state index contributed by atoms with van der Waals surface area (Å²) in [5, 5.41) is 3.45. The van der Waals surface area contributed by atoms with Crippen LogP contribution >= 0.6 is 0 Å². The molecule has 1 N–H and O–H groups in total. The Morgan fingerprint density at radius 3 is 2.86 bits per heavy atom. The first-order chi connectivity index (χ1) is 10.0. The van der Waals surface area contributed by atoms with Gasteiger partial charge in [0.1, 0.15) is 0 Å². The molecule has 0 aliphatic carbocycles. The van der Waals surface area contributed by atoms with Crippen LogP contribution in [0.25, 0.3) is 0 Å². The Kier molecular flexibility index (Phi) is 5.23. The molecule has 0 bridgehead atoms. The van der Waals surface area contributed by atoms with E-state index >= 15 is 0 Å². The van der Waals surface area contributed by atoms with Crippen LogP contribution in [0.15, 0.2) is 18.2 Å². The quantitative estimate of drug-likeness (QED) is 0.872. The van der Waals surface area contributed by atoms with E-state index in [-0.39, 0.29) is 5.91 Å². The highest BCUT2D eigenvalue weighted by atomic mass is 16.2. The number of amides is 1. The van der Waals surface area contributed by atoms with Crippen molar-refractivity contribution in [1.82, 2.24) is 10.2 Å². The molecule has 1 aromatic rings. The molecule has 4 heteroatoms. The van der Waals surface area contributed by atoms with Gasteiger partial charge in [-0.3, -0.25) is 4.79 Å². The lowest BCUT2D eigenvalue weighted by Crippen LogP contribution is -2.29. The third-order valence-electron chi connectivity index (χ3n) is 4.20. The second-order valence-corrected chi connectivity index (χ2v) is 5.94. The van der Waals surface area contributed by atoms with Crippen LogP contribution in [0.4, 0.5) is 5.69 Å². The highest BCUT2D eigenvalue weighted by Crippen LogP contribution is 2.30. The van der Waals surface area contributed by atoms with E-state index in [0.717, 1.165) is 26.1 Å². The van der Waals surface area contributed by atoms with Gasteiger partial charge in [-0.1, -0.05) is 19.1 Å². The number of rotatable bonds is 6. The van der Waals surface area contributed by atoms with Gasteiger partial charge in [-0.25, -0.2) is 0 Å². The number of carbonyl (C=O) groups is 1. The molecule has 4 nitrogen and oxygen atoms in total. The molecule has 1 atom stereocenters. The highest BCUT2D eigenvalue weighted by molar-refractivity contribution is 5.76. The molecular weight excluding hydrogens is 262 g/mol. The van der Waals surface area contributed by atoms with Crippen LogP contribution in [0.3, 0.4) is 0 Å². The molecular formula is C17H27N3O. The Morgan fingerprint density at radius 1 is 1.43 bits per heavy atom. The molecule has 1 aromatic carbocycles.